The summed E-state index contributed by atoms with van der Waals surface area (Å²) < 4.78 is 5.53. The van der Waals surface area contributed by atoms with Crippen molar-refractivity contribution in [3.63, 3.8) is 0 Å². The third-order valence-electron chi connectivity index (χ3n) is 7.37. The lowest BCUT2D eigenvalue weighted by molar-refractivity contribution is -0.128. The summed E-state index contributed by atoms with van der Waals surface area (Å²) in [4.78, 5) is 38.0. The quantitative estimate of drug-likeness (QED) is 0.410. The third-order valence-corrected chi connectivity index (χ3v) is 7.37. The number of phenolic OH excluding ortho intramolecular Hbond substituents is 1. The summed E-state index contributed by atoms with van der Waals surface area (Å²) in [6.45, 7) is 3.95. The van der Waals surface area contributed by atoms with Crippen LogP contribution in [0.5, 0.6) is 5.75 Å². The molecular weight excluding hydrogens is 454 g/mol. The van der Waals surface area contributed by atoms with Crippen molar-refractivity contribution >= 4 is 23.2 Å². The molecule has 0 saturated heterocycles. The van der Waals surface area contributed by atoms with Crippen molar-refractivity contribution in [2.24, 2.45) is 29.2 Å². The van der Waals surface area contributed by atoms with E-state index in [-0.39, 0.29) is 35.6 Å². The van der Waals surface area contributed by atoms with Crippen molar-refractivity contribution in [2.45, 2.75) is 38.6 Å². The molecule has 10 heteroatoms. The van der Waals surface area contributed by atoms with Gasteiger partial charge in [-0.25, -0.2) is 0 Å². The van der Waals surface area contributed by atoms with Gasteiger partial charge in [-0.05, 0) is 48.3 Å². The fraction of sp³-hybridized carbons (Fsp3) is 0.360. The molecule has 0 aliphatic heterocycles. The molecule has 4 atom stereocenters. The standard InChI is InChI=1S/C25H25N3O7/c1-8(2)13-7-15(35-28-13)10-3-4-14(29)17-11(10)5-9-6-12-18(22(31)16(9)21(17)30)23(32)19(25(27)34)24(33)20(12)26/h3-4,7-9,12,18,20,29-30,32H,5-6,26H2,1-2H3,(H2,27,34)/t9-,12+,18?,20+/m0/s1. The summed E-state index contributed by atoms with van der Waals surface area (Å²) in [6.07, 6.45) is 0.445. The molecular formula is C25H25N3O7. The topological polar surface area (TPSA) is 190 Å². The van der Waals surface area contributed by atoms with Crippen LogP contribution in [0.15, 0.2) is 39.6 Å². The van der Waals surface area contributed by atoms with E-state index in [1.54, 1.807) is 12.1 Å². The van der Waals surface area contributed by atoms with Crippen molar-refractivity contribution in [2.75, 3.05) is 0 Å². The molecule has 35 heavy (non-hydrogen) atoms. The van der Waals surface area contributed by atoms with Crippen LogP contribution >= 0.6 is 0 Å². The van der Waals surface area contributed by atoms with Gasteiger partial charge in [-0.15, -0.1) is 0 Å². The number of nitrogens with zero attached hydrogens (tertiary/aromatic N) is 1. The molecule has 1 saturated carbocycles. The van der Waals surface area contributed by atoms with Gasteiger partial charge in [0.2, 0.25) is 0 Å². The smallest absolute Gasteiger partial charge is 0.255 e. The van der Waals surface area contributed by atoms with Crippen molar-refractivity contribution in [1.29, 1.82) is 0 Å². The van der Waals surface area contributed by atoms with Crippen LogP contribution in [0, 0.1) is 17.8 Å². The van der Waals surface area contributed by atoms with Crippen LogP contribution in [-0.2, 0) is 20.8 Å². The summed E-state index contributed by atoms with van der Waals surface area (Å²) in [5.74, 6) is -6.00. The number of aliphatic hydroxyl groups is 2. The lowest BCUT2D eigenvalue weighted by atomic mass is 9.60. The van der Waals surface area contributed by atoms with Crippen LogP contribution in [0.4, 0.5) is 0 Å². The number of ketones is 2. The van der Waals surface area contributed by atoms with Crippen LogP contribution in [0.1, 0.15) is 43.0 Å². The predicted molar refractivity (Wildman–Crippen MR) is 123 cm³/mol. The van der Waals surface area contributed by atoms with E-state index in [0.29, 0.717) is 16.9 Å². The third kappa shape index (κ3) is 3.20. The maximum atomic E-state index is 13.5. The van der Waals surface area contributed by atoms with Crippen molar-refractivity contribution in [1.82, 2.24) is 5.16 Å². The first-order chi connectivity index (χ1) is 16.5. The Bertz CT molecular complexity index is 1370. The first kappa shape index (κ1) is 22.9. The number of nitrogens with two attached hydrogens (primary N) is 2. The minimum absolute atomic E-state index is 0.0172. The Labute approximate surface area is 199 Å². The normalized spacial score (nSPS) is 26.1. The van der Waals surface area contributed by atoms with E-state index in [1.807, 2.05) is 13.8 Å². The Kier molecular flexibility index (Phi) is 5.10. The molecule has 1 unspecified atom stereocenters. The highest BCUT2D eigenvalue weighted by Crippen LogP contribution is 2.51. The second-order valence-corrected chi connectivity index (χ2v) is 9.68. The summed E-state index contributed by atoms with van der Waals surface area (Å²) >= 11 is 0. The Morgan fingerprint density at radius 1 is 1.17 bits per heavy atom. The molecule has 1 heterocycles. The van der Waals surface area contributed by atoms with E-state index in [9.17, 15) is 29.7 Å². The van der Waals surface area contributed by atoms with Gasteiger partial charge in [-0.2, -0.15) is 0 Å². The van der Waals surface area contributed by atoms with Crippen LogP contribution in [0.3, 0.4) is 0 Å². The average Bonchev–Trinajstić information content (AvgIpc) is 3.27. The molecule has 0 radical (unpaired) electrons. The van der Waals surface area contributed by atoms with Crippen molar-refractivity contribution < 1.29 is 34.2 Å². The van der Waals surface area contributed by atoms with E-state index < -0.39 is 58.4 Å². The van der Waals surface area contributed by atoms with Gasteiger partial charge in [-0.1, -0.05) is 19.0 Å². The summed E-state index contributed by atoms with van der Waals surface area (Å²) in [7, 11) is 0. The highest BCUT2D eigenvalue weighted by Gasteiger charge is 2.54. The van der Waals surface area contributed by atoms with Gasteiger partial charge in [0, 0.05) is 17.2 Å². The van der Waals surface area contributed by atoms with Gasteiger partial charge in [0.25, 0.3) is 5.91 Å². The number of Topliss-reactive ketones (excluding diaryl/α,β-unsaturated/α-hetero) is 2. The zero-order valence-electron chi connectivity index (χ0n) is 19.1. The maximum absolute atomic E-state index is 13.5. The second kappa shape index (κ2) is 7.81. The number of hydrogen-bond acceptors (Lipinski definition) is 9. The number of amides is 1. The highest BCUT2D eigenvalue weighted by atomic mass is 16.5. The van der Waals surface area contributed by atoms with Gasteiger partial charge in [0.05, 0.1) is 23.2 Å². The molecule has 1 amide bonds. The minimum atomic E-state index is -1.28. The number of hydrogen-bond donors (Lipinski definition) is 5. The fourth-order valence-corrected chi connectivity index (χ4v) is 5.62. The van der Waals surface area contributed by atoms with Crippen molar-refractivity contribution in [3.8, 4) is 17.1 Å². The molecule has 1 fully saturated rings. The number of aromatic hydroxyl groups is 1. The van der Waals surface area contributed by atoms with Gasteiger partial charge in [-0.3, -0.25) is 14.4 Å². The Hall–Kier alpha value is -3.92. The number of carbonyl (C=O) groups excluding carboxylic acids is 3. The van der Waals surface area contributed by atoms with E-state index in [4.69, 9.17) is 16.0 Å². The fourth-order valence-electron chi connectivity index (χ4n) is 5.62. The zero-order chi connectivity index (χ0) is 25.3. The predicted octanol–water partition coefficient (Wildman–Crippen LogP) is 2.02. The van der Waals surface area contributed by atoms with E-state index in [1.165, 1.54) is 6.07 Å². The van der Waals surface area contributed by atoms with Gasteiger partial charge < -0.3 is 31.3 Å². The number of phenols is 1. The Morgan fingerprint density at radius 2 is 1.89 bits per heavy atom. The first-order valence-corrected chi connectivity index (χ1v) is 11.3. The Morgan fingerprint density at radius 3 is 2.51 bits per heavy atom. The molecule has 182 valence electrons. The molecule has 1 aromatic heterocycles. The average molecular weight is 479 g/mol. The molecule has 0 bridgehead atoms. The monoisotopic (exact) mass is 479 g/mol. The Balaban J connectivity index is 1.67. The zero-order valence-corrected chi connectivity index (χ0v) is 19.1. The van der Waals surface area contributed by atoms with Crippen LogP contribution in [0.25, 0.3) is 17.1 Å². The van der Waals surface area contributed by atoms with Gasteiger partial charge in [0.1, 0.15) is 22.8 Å². The molecule has 0 spiro atoms. The lowest BCUT2D eigenvalue weighted by Gasteiger charge is -2.43. The second-order valence-electron chi connectivity index (χ2n) is 9.68. The van der Waals surface area contributed by atoms with Crippen molar-refractivity contribution in [3.05, 3.63) is 51.9 Å². The number of rotatable bonds is 3. The number of carbonyl (C=O) groups is 3. The lowest BCUT2D eigenvalue weighted by Crippen LogP contribution is -2.54. The summed E-state index contributed by atoms with van der Waals surface area (Å²) in [5, 5.41) is 36.6. The number of fused-ring (bicyclic) bond motifs is 3. The number of aliphatic hydroxyl groups excluding tert-OH is 2. The molecule has 5 rings (SSSR count). The molecule has 1 aromatic carbocycles. The largest absolute Gasteiger partial charge is 0.511 e. The number of benzene rings is 1. The van der Waals surface area contributed by atoms with Crippen LogP contribution in [-0.4, -0.2) is 44.0 Å². The summed E-state index contributed by atoms with van der Waals surface area (Å²) in [5.41, 5.74) is 12.7. The van der Waals surface area contributed by atoms with Gasteiger partial charge >= 0.3 is 0 Å². The van der Waals surface area contributed by atoms with Crippen LogP contribution in [0.2, 0.25) is 0 Å². The van der Waals surface area contributed by atoms with E-state index in [2.05, 4.69) is 5.16 Å². The summed E-state index contributed by atoms with van der Waals surface area (Å²) in [6, 6.07) is 3.64. The van der Waals surface area contributed by atoms with Crippen LogP contribution < -0.4 is 11.5 Å². The number of primary amides is 1. The first-order valence-electron chi connectivity index (χ1n) is 11.3. The molecule has 2 aromatic rings. The minimum Gasteiger partial charge on any atom is -0.511 e. The van der Waals surface area contributed by atoms with E-state index >= 15 is 0 Å². The maximum Gasteiger partial charge on any atom is 0.255 e. The molecule has 3 aliphatic carbocycles. The molecule has 3 aliphatic rings. The number of aromatic nitrogens is 1. The SMILES string of the molecule is CC(C)c1cc(-c2ccc(O)c3c2C[C@H]2C[C@@H]4C(C(=O)C2=C3O)C(O)=C(C(N)=O)C(=O)[C@@H]4N)on1. The van der Waals surface area contributed by atoms with E-state index in [0.717, 1.165) is 5.69 Å². The molecule has 10 nitrogen and oxygen atoms in total. The highest BCUT2D eigenvalue weighted by molar-refractivity contribution is 6.23. The van der Waals surface area contributed by atoms with Gasteiger partial charge in [0.15, 0.2) is 17.3 Å². The molecule has 7 N–H and O–H groups in total. The number of allylic oxidation sites excluding steroid dienone is 2.